The maximum atomic E-state index is 11.0. The number of hydrogen-bond donors (Lipinski definition) is 3. The van der Waals surface area contributed by atoms with Gasteiger partial charge in [-0.25, -0.2) is 10.2 Å². The summed E-state index contributed by atoms with van der Waals surface area (Å²) in [4.78, 5) is 11.0. The molecule has 0 aromatic heterocycles. The fraction of sp³-hybridized carbons (Fsp3) is 0.250. The fourth-order valence-electron chi connectivity index (χ4n) is 1.25. The van der Waals surface area contributed by atoms with Gasteiger partial charge in [-0.2, -0.15) is 0 Å². The summed E-state index contributed by atoms with van der Waals surface area (Å²) in [5, 5.41) is 9.74. The van der Waals surface area contributed by atoms with Gasteiger partial charge < -0.3 is 14.6 Å². The number of hydrogen-bond acceptors (Lipinski definition) is 5. The average molecular weight is 252 g/mol. The molecule has 1 amide bonds. The molecule has 0 fully saturated rings. The van der Waals surface area contributed by atoms with Crippen molar-refractivity contribution in [1.29, 1.82) is 0 Å². The molecule has 0 aliphatic heterocycles. The first-order valence-electron chi connectivity index (χ1n) is 5.33. The van der Waals surface area contributed by atoms with Crippen molar-refractivity contribution in [2.45, 2.75) is 6.92 Å². The Morgan fingerprint density at radius 3 is 2.72 bits per heavy atom. The van der Waals surface area contributed by atoms with Gasteiger partial charge in [-0.1, -0.05) is 6.58 Å². The second-order valence-electron chi connectivity index (χ2n) is 3.33. The van der Waals surface area contributed by atoms with Crippen molar-refractivity contribution < 1.29 is 19.4 Å². The minimum Gasteiger partial charge on any atom is -0.507 e. The summed E-state index contributed by atoms with van der Waals surface area (Å²) in [6.07, 6.45) is -0.619. The van der Waals surface area contributed by atoms with Gasteiger partial charge in [0.05, 0.1) is 19.4 Å². The smallest absolute Gasteiger partial charge is 0.425 e. The third kappa shape index (κ3) is 3.58. The van der Waals surface area contributed by atoms with Crippen LogP contribution in [-0.4, -0.2) is 24.9 Å². The van der Waals surface area contributed by atoms with Crippen molar-refractivity contribution in [3.05, 3.63) is 30.3 Å². The number of aromatic hydroxyl groups is 1. The van der Waals surface area contributed by atoms with Gasteiger partial charge in [0.1, 0.15) is 11.5 Å². The van der Waals surface area contributed by atoms with E-state index >= 15 is 0 Å². The van der Waals surface area contributed by atoms with Crippen molar-refractivity contribution in [3.8, 4) is 11.5 Å². The lowest BCUT2D eigenvalue weighted by atomic mass is 10.1. The van der Waals surface area contributed by atoms with Crippen LogP contribution in [0, 0.1) is 0 Å². The normalized spacial score (nSPS) is 9.44. The van der Waals surface area contributed by atoms with Crippen LogP contribution < -0.4 is 15.6 Å². The average Bonchev–Trinajstić information content (AvgIpc) is 2.36. The summed E-state index contributed by atoms with van der Waals surface area (Å²) in [5.74, 6) is 0.528. The highest BCUT2D eigenvalue weighted by molar-refractivity contribution is 5.72. The number of phenolic OH excluding ortho intramolecular Hbond substituents is 1. The van der Waals surface area contributed by atoms with Crippen LogP contribution in [-0.2, 0) is 4.74 Å². The summed E-state index contributed by atoms with van der Waals surface area (Å²) in [7, 11) is 1.50. The number of carbonyl (C=O) groups is 1. The highest BCUT2D eigenvalue weighted by Crippen LogP contribution is 2.26. The van der Waals surface area contributed by atoms with Gasteiger partial charge in [0, 0.05) is 11.6 Å². The largest absolute Gasteiger partial charge is 0.507 e. The molecule has 0 radical (unpaired) electrons. The number of benzene rings is 1. The Morgan fingerprint density at radius 2 is 2.17 bits per heavy atom. The first-order chi connectivity index (χ1) is 8.58. The molecule has 0 atom stereocenters. The molecular weight excluding hydrogens is 236 g/mol. The lowest BCUT2D eigenvalue weighted by Gasteiger charge is -2.12. The van der Waals surface area contributed by atoms with E-state index < -0.39 is 6.09 Å². The van der Waals surface area contributed by atoms with Crippen molar-refractivity contribution in [1.82, 2.24) is 10.9 Å². The van der Waals surface area contributed by atoms with Gasteiger partial charge in [-0.3, -0.25) is 5.43 Å². The minimum absolute atomic E-state index is 0.00231. The van der Waals surface area contributed by atoms with Crippen LogP contribution in [0.5, 0.6) is 11.5 Å². The Balaban J connectivity index is 2.64. The topological polar surface area (TPSA) is 79.8 Å². The molecule has 1 aromatic rings. The van der Waals surface area contributed by atoms with Crippen LogP contribution in [0.15, 0.2) is 24.8 Å². The van der Waals surface area contributed by atoms with E-state index in [1.54, 1.807) is 19.1 Å². The molecular formula is C12H16N2O4. The lowest BCUT2D eigenvalue weighted by Crippen LogP contribution is -2.36. The molecule has 0 aliphatic carbocycles. The summed E-state index contributed by atoms with van der Waals surface area (Å²) in [6.45, 7) is 5.66. The maximum absolute atomic E-state index is 11.0. The van der Waals surface area contributed by atoms with Crippen molar-refractivity contribution in [2.75, 3.05) is 13.7 Å². The number of methoxy groups -OCH3 is 1. The first-order valence-corrected chi connectivity index (χ1v) is 5.33. The molecule has 0 aliphatic rings. The zero-order valence-corrected chi connectivity index (χ0v) is 10.3. The second-order valence-corrected chi connectivity index (χ2v) is 3.33. The van der Waals surface area contributed by atoms with Crippen molar-refractivity contribution in [2.24, 2.45) is 0 Å². The van der Waals surface area contributed by atoms with E-state index in [1.165, 1.54) is 13.2 Å². The van der Waals surface area contributed by atoms with E-state index in [9.17, 15) is 9.90 Å². The predicted molar refractivity (Wildman–Crippen MR) is 67.0 cm³/mol. The molecule has 98 valence electrons. The zero-order valence-electron chi connectivity index (χ0n) is 10.3. The molecule has 0 unspecified atom stereocenters. The number of phenols is 1. The molecule has 0 heterocycles. The maximum Gasteiger partial charge on any atom is 0.425 e. The van der Waals surface area contributed by atoms with E-state index in [2.05, 4.69) is 22.2 Å². The van der Waals surface area contributed by atoms with Gasteiger partial charge >= 0.3 is 6.09 Å². The minimum atomic E-state index is -0.619. The van der Waals surface area contributed by atoms with Crippen LogP contribution in [0.1, 0.15) is 12.5 Å². The number of hydrazine groups is 1. The van der Waals surface area contributed by atoms with Gasteiger partial charge in [0.2, 0.25) is 0 Å². The molecule has 18 heavy (non-hydrogen) atoms. The summed E-state index contributed by atoms with van der Waals surface area (Å²) in [6, 6.07) is 4.75. The Labute approximate surface area is 105 Å². The van der Waals surface area contributed by atoms with E-state index in [0.717, 1.165) is 0 Å². The molecule has 3 N–H and O–H groups in total. The van der Waals surface area contributed by atoms with Gasteiger partial charge in [0.15, 0.2) is 0 Å². The molecule has 6 heteroatoms. The van der Waals surface area contributed by atoms with E-state index in [4.69, 9.17) is 4.74 Å². The van der Waals surface area contributed by atoms with E-state index in [1.807, 2.05) is 0 Å². The number of nitrogens with one attached hydrogen (secondary N) is 2. The highest BCUT2D eigenvalue weighted by atomic mass is 16.5. The van der Waals surface area contributed by atoms with Gasteiger partial charge in [0.25, 0.3) is 0 Å². The number of rotatable bonds is 5. The fourth-order valence-corrected chi connectivity index (χ4v) is 1.25. The number of carbonyl (C=O) groups excluding carboxylic acids is 1. The van der Waals surface area contributed by atoms with Crippen molar-refractivity contribution >= 4 is 11.8 Å². The van der Waals surface area contributed by atoms with Crippen LogP contribution >= 0.6 is 0 Å². The molecule has 6 nitrogen and oxygen atoms in total. The highest BCUT2D eigenvalue weighted by Gasteiger charge is 2.07. The monoisotopic (exact) mass is 252 g/mol. The van der Waals surface area contributed by atoms with Crippen LogP contribution in [0.25, 0.3) is 5.70 Å². The van der Waals surface area contributed by atoms with Crippen LogP contribution in [0.2, 0.25) is 0 Å². The predicted octanol–water partition coefficient (Wildman–Crippen LogP) is 1.62. The summed E-state index contributed by atoms with van der Waals surface area (Å²) < 4.78 is 9.62. The standard InChI is InChI=1S/C12H16N2O4/c1-4-18-12(16)14-13-8(2)10-6-5-9(17-3)7-11(10)15/h5-7,13,15H,2,4H2,1,3H3,(H,14,16). The van der Waals surface area contributed by atoms with Gasteiger partial charge in [-0.05, 0) is 19.1 Å². The zero-order chi connectivity index (χ0) is 13.5. The summed E-state index contributed by atoms with van der Waals surface area (Å²) >= 11 is 0. The third-order valence-corrected chi connectivity index (χ3v) is 2.12. The SMILES string of the molecule is C=C(NNC(=O)OCC)c1ccc(OC)cc1O. The summed E-state index contributed by atoms with van der Waals surface area (Å²) in [5.41, 5.74) is 5.61. The van der Waals surface area contributed by atoms with E-state index in [-0.39, 0.29) is 12.4 Å². The van der Waals surface area contributed by atoms with Crippen LogP contribution in [0.3, 0.4) is 0 Å². The van der Waals surface area contributed by atoms with E-state index in [0.29, 0.717) is 17.0 Å². The molecule has 0 saturated carbocycles. The first kappa shape index (κ1) is 13.7. The molecule has 0 spiro atoms. The Morgan fingerprint density at radius 1 is 1.44 bits per heavy atom. The third-order valence-electron chi connectivity index (χ3n) is 2.12. The molecule has 0 saturated heterocycles. The van der Waals surface area contributed by atoms with Crippen molar-refractivity contribution in [3.63, 3.8) is 0 Å². The number of ether oxygens (including phenoxy) is 2. The number of amides is 1. The van der Waals surface area contributed by atoms with Gasteiger partial charge in [-0.15, -0.1) is 0 Å². The quantitative estimate of drug-likeness (QED) is 0.694. The molecule has 1 rings (SSSR count). The Kier molecular flexibility index (Phi) is 4.86. The Hall–Kier alpha value is -2.37. The second kappa shape index (κ2) is 6.39. The molecule has 0 bridgehead atoms. The molecule has 1 aromatic carbocycles. The lowest BCUT2D eigenvalue weighted by molar-refractivity contribution is 0.149. The van der Waals surface area contributed by atoms with Crippen LogP contribution in [0.4, 0.5) is 4.79 Å². The Bertz CT molecular complexity index is 446.